The van der Waals surface area contributed by atoms with Crippen molar-refractivity contribution in [1.29, 1.82) is 0 Å². The van der Waals surface area contributed by atoms with Crippen molar-refractivity contribution in [1.82, 2.24) is 0 Å². The maximum Gasteiger partial charge on any atom is 0.282 e. The van der Waals surface area contributed by atoms with Gasteiger partial charge in [0.1, 0.15) is 11.4 Å². The minimum absolute atomic E-state index is 0.255. The van der Waals surface area contributed by atoms with E-state index in [4.69, 9.17) is 4.74 Å². The highest BCUT2D eigenvalue weighted by Crippen LogP contribution is 2.37. The number of nitrogens with one attached hydrogen (secondary N) is 1. The van der Waals surface area contributed by atoms with E-state index in [9.17, 15) is 9.59 Å². The quantitative estimate of drug-likeness (QED) is 0.543. The molecule has 3 aromatic carbocycles. The fourth-order valence-electron chi connectivity index (χ4n) is 3.49. The van der Waals surface area contributed by atoms with Crippen LogP contribution in [-0.2, 0) is 9.59 Å². The first-order valence-corrected chi connectivity index (χ1v) is 10.3. The van der Waals surface area contributed by atoms with E-state index in [1.54, 1.807) is 18.2 Å². The van der Waals surface area contributed by atoms with Gasteiger partial charge in [-0.25, -0.2) is 4.90 Å². The van der Waals surface area contributed by atoms with Crippen LogP contribution in [0.3, 0.4) is 0 Å². The third-order valence-electron chi connectivity index (χ3n) is 5.04. The first-order chi connectivity index (χ1) is 15.1. The number of aryl methyl sites for hydroxylation is 1. The van der Waals surface area contributed by atoms with Gasteiger partial charge in [-0.05, 0) is 43.2 Å². The van der Waals surface area contributed by atoms with E-state index >= 15 is 0 Å². The summed E-state index contributed by atoms with van der Waals surface area (Å²) in [5.41, 5.74) is 3.55. The molecule has 0 radical (unpaired) electrons. The van der Waals surface area contributed by atoms with Crippen molar-refractivity contribution >= 4 is 28.8 Å². The molecule has 1 heterocycles. The Hall–Kier alpha value is -3.86. The number of hydrogen-bond acceptors (Lipinski definition) is 4. The Balaban J connectivity index is 1.80. The normalized spacial score (nSPS) is 13.7. The number of carbonyl (C=O) groups excluding carboxylic acids is 2. The van der Waals surface area contributed by atoms with Gasteiger partial charge in [-0.3, -0.25) is 9.59 Å². The molecule has 1 aliphatic rings. The molecule has 5 nitrogen and oxygen atoms in total. The Labute approximate surface area is 182 Å². The molecule has 0 aromatic heterocycles. The second-order valence-electron chi connectivity index (χ2n) is 7.37. The minimum Gasteiger partial charge on any atom is -0.491 e. The summed E-state index contributed by atoms with van der Waals surface area (Å²) in [7, 11) is 0. The van der Waals surface area contributed by atoms with Crippen molar-refractivity contribution in [3.63, 3.8) is 0 Å². The van der Waals surface area contributed by atoms with E-state index in [2.05, 4.69) is 5.32 Å². The van der Waals surface area contributed by atoms with Gasteiger partial charge in [-0.2, -0.15) is 0 Å². The summed E-state index contributed by atoms with van der Waals surface area (Å²) in [6.45, 7) is 4.49. The molecule has 0 atom stereocenters. The zero-order valence-corrected chi connectivity index (χ0v) is 17.6. The number of ether oxygens (including phenoxy) is 1. The topological polar surface area (TPSA) is 58.6 Å². The van der Waals surface area contributed by atoms with Crippen LogP contribution in [-0.4, -0.2) is 18.4 Å². The summed E-state index contributed by atoms with van der Waals surface area (Å²) < 4.78 is 5.82. The molecular formula is C26H24N2O3. The van der Waals surface area contributed by atoms with Crippen LogP contribution in [0.2, 0.25) is 0 Å². The van der Waals surface area contributed by atoms with Crippen molar-refractivity contribution in [2.45, 2.75) is 20.3 Å². The van der Waals surface area contributed by atoms with Gasteiger partial charge in [0.25, 0.3) is 11.8 Å². The van der Waals surface area contributed by atoms with Crippen molar-refractivity contribution < 1.29 is 14.3 Å². The smallest absolute Gasteiger partial charge is 0.282 e. The number of nitrogens with zero attached hydrogens (tertiary/aromatic N) is 1. The second-order valence-corrected chi connectivity index (χ2v) is 7.37. The monoisotopic (exact) mass is 412 g/mol. The summed E-state index contributed by atoms with van der Waals surface area (Å²) in [6.07, 6.45) is 0.823. The van der Waals surface area contributed by atoms with Gasteiger partial charge in [0.2, 0.25) is 0 Å². The number of para-hydroxylation sites is 3. The summed E-state index contributed by atoms with van der Waals surface area (Å²) in [6, 6.07) is 24.1. The minimum atomic E-state index is -0.406. The Bertz CT molecular complexity index is 1130. The maximum atomic E-state index is 13.6. The fraction of sp³-hybridized carbons (Fsp3) is 0.154. The maximum absolute atomic E-state index is 13.6. The first kappa shape index (κ1) is 20.4. The molecule has 0 saturated carbocycles. The number of amides is 2. The molecule has 2 amide bonds. The van der Waals surface area contributed by atoms with E-state index in [-0.39, 0.29) is 11.6 Å². The zero-order chi connectivity index (χ0) is 21.8. The van der Waals surface area contributed by atoms with Gasteiger partial charge in [-0.15, -0.1) is 0 Å². The number of imide groups is 1. The number of benzene rings is 3. The Morgan fingerprint density at radius 1 is 0.839 bits per heavy atom. The second kappa shape index (κ2) is 8.88. The molecule has 0 unspecified atom stereocenters. The average molecular weight is 412 g/mol. The molecule has 5 heteroatoms. The van der Waals surface area contributed by atoms with E-state index in [1.807, 2.05) is 74.5 Å². The van der Waals surface area contributed by atoms with E-state index in [0.29, 0.717) is 29.2 Å². The van der Waals surface area contributed by atoms with E-state index < -0.39 is 5.91 Å². The van der Waals surface area contributed by atoms with E-state index in [0.717, 1.165) is 17.7 Å². The average Bonchev–Trinajstić information content (AvgIpc) is 3.03. The summed E-state index contributed by atoms with van der Waals surface area (Å²) >= 11 is 0. The van der Waals surface area contributed by atoms with Gasteiger partial charge in [-0.1, -0.05) is 67.1 Å². The predicted molar refractivity (Wildman–Crippen MR) is 123 cm³/mol. The SMILES string of the molecule is CCCOc1ccccc1N1C(=O)C(Nc2ccccc2)=C(c2ccc(C)cc2)C1=O. The molecule has 0 bridgehead atoms. The Morgan fingerprint density at radius 3 is 2.23 bits per heavy atom. The van der Waals surface area contributed by atoms with Crippen molar-refractivity contribution in [2.24, 2.45) is 0 Å². The molecule has 0 spiro atoms. The lowest BCUT2D eigenvalue weighted by molar-refractivity contribution is -0.120. The van der Waals surface area contributed by atoms with Gasteiger partial charge in [0, 0.05) is 5.69 Å². The van der Waals surface area contributed by atoms with Crippen LogP contribution < -0.4 is 15.0 Å². The van der Waals surface area contributed by atoms with Crippen LogP contribution in [0.1, 0.15) is 24.5 Å². The van der Waals surface area contributed by atoms with Crippen LogP contribution in [0.25, 0.3) is 5.57 Å². The van der Waals surface area contributed by atoms with E-state index in [1.165, 1.54) is 4.90 Å². The summed E-state index contributed by atoms with van der Waals surface area (Å²) in [4.78, 5) is 28.3. The summed E-state index contributed by atoms with van der Waals surface area (Å²) in [5, 5.41) is 3.17. The molecule has 0 aliphatic carbocycles. The predicted octanol–water partition coefficient (Wildman–Crippen LogP) is 5.18. The number of rotatable bonds is 7. The van der Waals surface area contributed by atoms with Gasteiger partial charge < -0.3 is 10.1 Å². The van der Waals surface area contributed by atoms with Crippen LogP contribution in [0.5, 0.6) is 5.75 Å². The van der Waals surface area contributed by atoms with Crippen molar-refractivity contribution in [3.8, 4) is 5.75 Å². The Morgan fingerprint density at radius 2 is 1.52 bits per heavy atom. The van der Waals surface area contributed by atoms with Gasteiger partial charge in [0.15, 0.2) is 0 Å². The van der Waals surface area contributed by atoms with Crippen molar-refractivity contribution in [3.05, 3.63) is 95.7 Å². The summed E-state index contributed by atoms with van der Waals surface area (Å²) in [5.74, 6) is -0.271. The van der Waals surface area contributed by atoms with Crippen LogP contribution in [0.4, 0.5) is 11.4 Å². The number of hydrogen-bond donors (Lipinski definition) is 1. The highest BCUT2D eigenvalue weighted by molar-refractivity contribution is 6.46. The number of carbonyl (C=O) groups is 2. The first-order valence-electron chi connectivity index (χ1n) is 10.3. The third kappa shape index (κ3) is 4.08. The third-order valence-corrected chi connectivity index (χ3v) is 5.04. The van der Waals surface area contributed by atoms with Crippen LogP contribution in [0, 0.1) is 6.92 Å². The van der Waals surface area contributed by atoms with Gasteiger partial charge >= 0.3 is 0 Å². The molecule has 4 rings (SSSR count). The van der Waals surface area contributed by atoms with Crippen molar-refractivity contribution in [2.75, 3.05) is 16.8 Å². The molecule has 156 valence electrons. The Kier molecular flexibility index (Phi) is 5.85. The molecule has 1 aliphatic heterocycles. The lowest BCUT2D eigenvalue weighted by atomic mass is 10.0. The zero-order valence-electron chi connectivity index (χ0n) is 17.6. The fourth-order valence-corrected chi connectivity index (χ4v) is 3.49. The molecule has 3 aromatic rings. The van der Waals surface area contributed by atoms with Gasteiger partial charge in [0.05, 0.1) is 17.9 Å². The molecule has 0 fully saturated rings. The van der Waals surface area contributed by atoms with Crippen LogP contribution >= 0.6 is 0 Å². The molecule has 1 N–H and O–H groups in total. The highest BCUT2D eigenvalue weighted by Gasteiger charge is 2.41. The standard InChI is InChI=1S/C26H24N2O3/c1-3-17-31-22-12-8-7-11-21(22)28-25(29)23(19-15-13-18(2)14-16-19)24(26(28)30)27-20-9-5-4-6-10-20/h4-16,27H,3,17H2,1-2H3. The highest BCUT2D eigenvalue weighted by atomic mass is 16.5. The largest absolute Gasteiger partial charge is 0.491 e. The number of anilines is 2. The lowest BCUT2D eigenvalue weighted by Gasteiger charge is -2.19. The molecule has 31 heavy (non-hydrogen) atoms. The van der Waals surface area contributed by atoms with Crippen LogP contribution in [0.15, 0.2) is 84.6 Å². The molecular weight excluding hydrogens is 388 g/mol. The lowest BCUT2D eigenvalue weighted by Crippen LogP contribution is -2.32. The molecule has 0 saturated heterocycles.